The van der Waals surface area contributed by atoms with Crippen molar-refractivity contribution in [2.75, 3.05) is 20.7 Å². The molecule has 23 heavy (non-hydrogen) atoms. The third kappa shape index (κ3) is 5.34. The highest BCUT2D eigenvalue weighted by Crippen LogP contribution is 2.35. The first-order valence-electron chi connectivity index (χ1n) is 6.16. The zero-order valence-corrected chi connectivity index (χ0v) is 13.7. The lowest BCUT2D eigenvalue weighted by atomic mass is 10.2. The molecule has 0 saturated heterocycles. The molecule has 0 bridgehead atoms. The summed E-state index contributed by atoms with van der Waals surface area (Å²) in [6.07, 6.45) is -5.00. The number of nitrogens with one attached hydrogen (secondary N) is 1. The summed E-state index contributed by atoms with van der Waals surface area (Å²) in [5.74, 6) is -0.498. The number of hydroxylamine groups is 2. The van der Waals surface area contributed by atoms with Crippen molar-refractivity contribution in [1.82, 2.24) is 9.79 Å². The summed E-state index contributed by atoms with van der Waals surface area (Å²) in [4.78, 5) is 15.4. The lowest BCUT2D eigenvalue weighted by molar-refractivity contribution is -0.168. The maximum atomic E-state index is 12.7. The van der Waals surface area contributed by atoms with Gasteiger partial charge in [0.05, 0.1) is 22.6 Å². The number of benzene rings is 1. The maximum absolute atomic E-state index is 12.7. The quantitative estimate of drug-likeness (QED) is 0.773. The fourth-order valence-corrected chi connectivity index (χ4v) is 2.81. The van der Waals surface area contributed by atoms with E-state index in [1.54, 1.807) is 0 Å². The predicted octanol–water partition coefficient (Wildman–Crippen LogP) is 2.05. The molecule has 0 aliphatic carbocycles. The number of alkyl halides is 3. The molecule has 11 heteroatoms. The molecule has 6 nitrogen and oxygen atoms in total. The van der Waals surface area contributed by atoms with Gasteiger partial charge in [-0.25, -0.2) is 18.2 Å². The lowest BCUT2D eigenvalue weighted by Gasteiger charge is -2.14. The van der Waals surface area contributed by atoms with Crippen LogP contribution in [0.1, 0.15) is 12.0 Å². The monoisotopic (exact) mass is 374 g/mol. The number of halogens is 4. The lowest BCUT2D eigenvalue weighted by Crippen LogP contribution is -2.31. The third-order valence-corrected chi connectivity index (χ3v) is 4.60. The molecule has 1 amide bonds. The summed E-state index contributed by atoms with van der Waals surface area (Å²) in [5.41, 5.74) is -1.25. The van der Waals surface area contributed by atoms with Crippen molar-refractivity contribution >= 4 is 27.5 Å². The molecule has 1 aromatic carbocycles. The number of hydrogen-bond donors (Lipinski definition) is 1. The van der Waals surface area contributed by atoms with Crippen molar-refractivity contribution in [3.05, 3.63) is 28.8 Å². The SMILES string of the molecule is CON(C)C(=O)CCNS(=O)(=O)c1ccc(Cl)c(C(F)(F)F)c1. The molecule has 0 aromatic heterocycles. The molecular weight excluding hydrogens is 361 g/mol. The van der Waals surface area contributed by atoms with Crippen molar-refractivity contribution in [2.45, 2.75) is 17.5 Å². The van der Waals surface area contributed by atoms with E-state index in [1.807, 2.05) is 4.72 Å². The van der Waals surface area contributed by atoms with E-state index < -0.39 is 37.6 Å². The van der Waals surface area contributed by atoms with Gasteiger partial charge in [-0.2, -0.15) is 13.2 Å². The average Bonchev–Trinajstić information content (AvgIpc) is 2.45. The van der Waals surface area contributed by atoms with E-state index in [0.29, 0.717) is 6.07 Å². The highest BCUT2D eigenvalue weighted by Gasteiger charge is 2.34. The van der Waals surface area contributed by atoms with Crippen molar-refractivity contribution < 1.29 is 31.2 Å². The summed E-state index contributed by atoms with van der Waals surface area (Å²) in [6, 6.07) is 2.24. The fourth-order valence-electron chi connectivity index (χ4n) is 1.52. The fraction of sp³-hybridized carbons (Fsp3) is 0.417. The Morgan fingerprint density at radius 2 is 2.00 bits per heavy atom. The van der Waals surface area contributed by atoms with E-state index in [0.717, 1.165) is 17.2 Å². The van der Waals surface area contributed by atoms with Gasteiger partial charge in [0.1, 0.15) is 0 Å². The van der Waals surface area contributed by atoms with Crippen LogP contribution in [-0.2, 0) is 25.8 Å². The Hall–Kier alpha value is -1.36. The van der Waals surface area contributed by atoms with Gasteiger partial charge in [-0.3, -0.25) is 9.63 Å². The minimum absolute atomic E-state index is 0.219. The van der Waals surface area contributed by atoms with Crippen LogP contribution in [0.15, 0.2) is 23.1 Å². The molecular formula is C12H14ClF3N2O4S. The van der Waals surface area contributed by atoms with Gasteiger partial charge in [-0.1, -0.05) is 11.6 Å². The Kier molecular flexibility index (Phi) is 6.40. The second-order valence-electron chi connectivity index (χ2n) is 4.36. The van der Waals surface area contributed by atoms with E-state index in [9.17, 15) is 26.4 Å². The number of carbonyl (C=O) groups is 1. The van der Waals surface area contributed by atoms with Crippen LogP contribution in [0.4, 0.5) is 13.2 Å². The first-order chi connectivity index (χ1) is 10.5. The molecule has 1 rings (SSSR count). The van der Waals surface area contributed by atoms with Crippen molar-refractivity contribution in [3.63, 3.8) is 0 Å². The molecule has 0 fully saturated rings. The largest absolute Gasteiger partial charge is 0.417 e. The molecule has 0 heterocycles. The second-order valence-corrected chi connectivity index (χ2v) is 6.54. The van der Waals surface area contributed by atoms with Crippen LogP contribution < -0.4 is 4.72 Å². The average molecular weight is 375 g/mol. The molecule has 0 aliphatic rings. The topological polar surface area (TPSA) is 75.7 Å². The number of sulfonamides is 1. The molecule has 1 N–H and O–H groups in total. The Bertz CT molecular complexity index is 679. The van der Waals surface area contributed by atoms with Gasteiger partial charge in [-0.15, -0.1) is 0 Å². The summed E-state index contributed by atoms with van der Waals surface area (Å²) in [6.45, 7) is -0.293. The summed E-state index contributed by atoms with van der Waals surface area (Å²) in [5, 5.41) is 0.298. The highest BCUT2D eigenvalue weighted by atomic mass is 35.5. The third-order valence-electron chi connectivity index (χ3n) is 2.81. The molecule has 0 aliphatic heterocycles. The van der Waals surface area contributed by atoms with E-state index in [2.05, 4.69) is 4.84 Å². The standard InChI is InChI=1S/C12H14ClF3N2O4S/c1-18(22-2)11(19)5-6-17-23(20,21)8-3-4-10(13)9(7-8)12(14,15)16/h3-4,7,17H,5-6H2,1-2H3. The van der Waals surface area contributed by atoms with E-state index >= 15 is 0 Å². The van der Waals surface area contributed by atoms with Crippen LogP contribution in [0.25, 0.3) is 0 Å². The number of carbonyl (C=O) groups excluding carboxylic acids is 1. The first-order valence-corrected chi connectivity index (χ1v) is 8.02. The number of nitrogens with zero attached hydrogens (tertiary/aromatic N) is 1. The Morgan fingerprint density at radius 1 is 1.39 bits per heavy atom. The first kappa shape index (κ1) is 19.7. The zero-order chi connectivity index (χ0) is 17.8. The summed E-state index contributed by atoms with van der Waals surface area (Å²) >= 11 is 5.43. The number of amides is 1. The van der Waals surface area contributed by atoms with Gasteiger partial charge in [0.2, 0.25) is 15.9 Å². The van der Waals surface area contributed by atoms with Crippen LogP contribution >= 0.6 is 11.6 Å². The summed E-state index contributed by atoms with van der Waals surface area (Å²) in [7, 11) is -1.61. The van der Waals surface area contributed by atoms with Gasteiger partial charge in [0.25, 0.3) is 0 Å². The molecule has 1 aromatic rings. The highest BCUT2D eigenvalue weighted by molar-refractivity contribution is 7.89. The second kappa shape index (κ2) is 7.47. The number of rotatable bonds is 6. The Labute approximate surface area is 136 Å². The molecule has 0 saturated carbocycles. The molecule has 0 unspecified atom stereocenters. The van der Waals surface area contributed by atoms with Crippen LogP contribution in [0.3, 0.4) is 0 Å². The van der Waals surface area contributed by atoms with E-state index in [-0.39, 0.29) is 13.0 Å². The smallest absolute Gasteiger partial charge is 0.275 e. The molecule has 130 valence electrons. The zero-order valence-electron chi connectivity index (χ0n) is 12.1. The minimum atomic E-state index is -4.78. The minimum Gasteiger partial charge on any atom is -0.275 e. The van der Waals surface area contributed by atoms with Crippen molar-refractivity contribution in [2.24, 2.45) is 0 Å². The van der Waals surface area contributed by atoms with Gasteiger partial charge >= 0.3 is 6.18 Å². The Morgan fingerprint density at radius 3 is 2.52 bits per heavy atom. The van der Waals surface area contributed by atoms with Crippen LogP contribution in [0.5, 0.6) is 0 Å². The van der Waals surface area contributed by atoms with E-state index in [4.69, 9.17) is 11.6 Å². The van der Waals surface area contributed by atoms with Gasteiger partial charge < -0.3 is 0 Å². The number of hydrogen-bond acceptors (Lipinski definition) is 4. The molecule has 0 radical (unpaired) electrons. The van der Waals surface area contributed by atoms with Gasteiger partial charge in [0.15, 0.2) is 0 Å². The summed E-state index contributed by atoms with van der Waals surface area (Å²) < 4.78 is 64.2. The van der Waals surface area contributed by atoms with Crippen molar-refractivity contribution in [1.29, 1.82) is 0 Å². The normalized spacial score (nSPS) is 12.3. The van der Waals surface area contributed by atoms with Gasteiger partial charge in [-0.05, 0) is 18.2 Å². The Balaban J connectivity index is 2.87. The molecule has 0 atom stereocenters. The van der Waals surface area contributed by atoms with Crippen LogP contribution in [0, 0.1) is 0 Å². The van der Waals surface area contributed by atoms with Gasteiger partial charge in [0, 0.05) is 20.0 Å². The van der Waals surface area contributed by atoms with Crippen LogP contribution in [0.2, 0.25) is 5.02 Å². The van der Waals surface area contributed by atoms with Crippen molar-refractivity contribution in [3.8, 4) is 0 Å². The maximum Gasteiger partial charge on any atom is 0.417 e. The van der Waals surface area contributed by atoms with Crippen LogP contribution in [-0.4, -0.2) is 40.1 Å². The predicted molar refractivity (Wildman–Crippen MR) is 76.0 cm³/mol. The van der Waals surface area contributed by atoms with E-state index in [1.165, 1.54) is 14.2 Å². The molecule has 0 spiro atoms.